The first kappa shape index (κ1) is 11.0. The molecule has 0 saturated carbocycles. The van der Waals surface area contributed by atoms with E-state index in [1.54, 1.807) is 0 Å². The van der Waals surface area contributed by atoms with Crippen molar-refractivity contribution in [1.82, 2.24) is 0 Å². The van der Waals surface area contributed by atoms with E-state index < -0.39 is 0 Å². The van der Waals surface area contributed by atoms with Gasteiger partial charge >= 0.3 is 0 Å². The highest BCUT2D eigenvalue weighted by Gasteiger charge is 2.25. The van der Waals surface area contributed by atoms with E-state index in [4.69, 9.17) is 5.73 Å². The molecule has 1 aliphatic rings. The summed E-state index contributed by atoms with van der Waals surface area (Å²) in [7, 11) is 0. The van der Waals surface area contributed by atoms with Crippen molar-refractivity contribution in [3.8, 4) is 0 Å². The van der Waals surface area contributed by atoms with Crippen LogP contribution in [0.2, 0.25) is 0 Å². The van der Waals surface area contributed by atoms with Crippen molar-refractivity contribution in [1.29, 1.82) is 0 Å². The highest BCUT2D eigenvalue weighted by Crippen LogP contribution is 2.26. The van der Waals surface area contributed by atoms with Crippen molar-refractivity contribution >= 4 is 21.6 Å². The Balaban J connectivity index is 2.08. The fourth-order valence-corrected chi connectivity index (χ4v) is 2.34. The maximum atomic E-state index is 6.11. The minimum absolute atomic E-state index is 0.0303. The van der Waals surface area contributed by atoms with Gasteiger partial charge < -0.3 is 10.6 Å². The predicted octanol–water partition coefficient (Wildman–Crippen LogP) is 2.77. The zero-order chi connectivity index (χ0) is 10.9. The fraction of sp³-hybridized carbons (Fsp3) is 0.500. The molecular formula is C12H17BrN2. The molecule has 1 heterocycles. The number of nitrogens with zero attached hydrogens (tertiary/aromatic N) is 1. The van der Waals surface area contributed by atoms with Crippen LogP contribution in [-0.2, 0) is 0 Å². The van der Waals surface area contributed by atoms with E-state index in [-0.39, 0.29) is 5.54 Å². The lowest BCUT2D eigenvalue weighted by Crippen LogP contribution is -2.48. The summed E-state index contributed by atoms with van der Waals surface area (Å²) in [5, 5.41) is 0. The molecule has 3 heteroatoms. The Kier molecular flexibility index (Phi) is 3.03. The Morgan fingerprint density at radius 2 is 2.00 bits per heavy atom. The van der Waals surface area contributed by atoms with Crippen LogP contribution in [0.1, 0.15) is 19.8 Å². The maximum Gasteiger partial charge on any atom is 0.0377 e. The second-order valence-corrected chi connectivity index (χ2v) is 5.54. The minimum atomic E-state index is 0.0303. The molecule has 2 nitrogen and oxygen atoms in total. The Labute approximate surface area is 99.6 Å². The summed E-state index contributed by atoms with van der Waals surface area (Å²) < 4.78 is 1.14. The quantitative estimate of drug-likeness (QED) is 0.849. The van der Waals surface area contributed by atoms with E-state index in [9.17, 15) is 0 Å². The molecule has 15 heavy (non-hydrogen) atoms. The number of halogens is 1. The molecule has 1 aromatic carbocycles. The van der Waals surface area contributed by atoms with Crippen LogP contribution in [0.4, 0.5) is 5.69 Å². The molecule has 0 aliphatic carbocycles. The third-order valence-corrected chi connectivity index (χ3v) is 3.57. The minimum Gasteiger partial charge on any atom is -0.371 e. The lowest BCUT2D eigenvalue weighted by molar-refractivity contribution is 0.364. The first-order valence-corrected chi connectivity index (χ1v) is 6.16. The largest absolute Gasteiger partial charge is 0.371 e. The topological polar surface area (TPSA) is 29.3 Å². The average molecular weight is 269 g/mol. The van der Waals surface area contributed by atoms with Gasteiger partial charge in [0.05, 0.1) is 0 Å². The molecule has 82 valence electrons. The molecule has 0 atom stereocenters. The Morgan fingerprint density at radius 1 is 1.33 bits per heavy atom. The summed E-state index contributed by atoms with van der Waals surface area (Å²) in [4.78, 5) is 2.40. The van der Waals surface area contributed by atoms with Gasteiger partial charge in [-0.05, 0) is 38.0 Å². The van der Waals surface area contributed by atoms with Crippen LogP contribution in [0.3, 0.4) is 0 Å². The molecule has 1 aromatic rings. The summed E-state index contributed by atoms with van der Waals surface area (Å²) in [5.74, 6) is 0. The molecule has 2 N–H and O–H groups in total. The highest BCUT2D eigenvalue weighted by molar-refractivity contribution is 9.10. The number of nitrogens with two attached hydrogens (primary N) is 1. The van der Waals surface area contributed by atoms with Crippen molar-refractivity contribution in [3.63, 3.8) is 0 Å². The van der Waals surface area contributed by atoms with Gasteiger partial charge in [-0.15, -0.1) is 0 Å². The monoisotopic (exact) mass is 268 g/mol. The Bertz CT molecular complexity index is 339. The first-order valence-electron chi connectivity index (χ1n) is 5.36. The van der Waals surface area contributed by atoms with Crippen LogP contribution >= 0.6 is 15.9 Å². The van der Waals surface area contributed by atoms with E-state index in [2.05, 4.69) is 52.0 Å². The maximum absolute atomic E-state index is 6.11. The van der Waals surface area contributed by atoms with Gasteiger partial charge in [-0.2, -0.15) is 0 Å². The summed E-state index contributed by atoms with van der Waals surface area (Å²) in [6.07, 6.45) is 2.14. The smallest absolute Gasteiger partial charge is 0.0377 e. The molecule has 1 saturated heterocycles. The lowest BCUT2D eigenvalue weighted by atomic mass is 9.91. The number of piperidine rings is 1. The second kappa shape index (κ2) is 4.14. The molecule has 2 rings (SSSR count). The van der Waals surface area contributed by atoms with Gasteiger partial charge in [0.1, 0.15) is 0 Å². The van der Waals surface area contributed by atoms with Gasteiger partial charge in [0.2, 0.25) is 0 Å². The van der Waals surface area contributed by atoms with Crippen molar-refractivity contribution in [3.05, 3.63) is 28.7 Å². The molecular weight excluding hydrogens is 252 g/mol. The number of rotatable bonds is 1. The molecule has 0 amide bonds. The molecule has 0 aromatic heterocycles. The van der Waals surface area contributed by atoms with Crippen LogP contribution in [0.5, 0.6) is 0 Å². The molecule has 0 radical (unpaired) electrons. The lowest BCUT2D eigenvalue weighted by Gasteiger charge is -2.38. The third kappa shape index (κ3) is 2.73. The second-order valence-electron chi connectivity index (χ2n) is 4.62. The Hall–Kier alpha value is -0.540. The van der Waals surface area contributed by atoms with Gasteiger partial charge in [-0.3, -0.25) is 0 Å². The van der Waals surface area contributed by atoms with Crippen LogP contribution < -0.4 is 10.6 Å². The summed E-state index contributed by atoms with van der Waals surface area (Å²) in [6.45, 7) is 4.26. The van der Waals surface area contributed by atoms with Crippen LogP contribution in [0.25, 0.3) is 0 Å². The van der Waals surface area contributed by atoms with E-state index in [0.29, 0.717) is 0 Å². The summed E-state index contributed by atoms with van der Waals surface area (Å²) >= 11 is 3.50. The average Bonchev–Trinajstić information content (AvgIpc) is 2.17. The van der Waals surface area contributed by atoms with Crippen LogP contribution in [0, 0.1) is 0 Å². The van der Waals surface area contributed by atoms with Crippen molar-refractivity contribution < 1.29 is 0 Å². The normalized spacial score (nSPS) is 20.3. The van der Waals surface area contributed by atoms with Crippen LogP contribution in [-0.4, -0.2) is 18.6 Å². The standard InChI is InChI=1S/C12H17BrN2/c1-12(14)5-7-15(8-6-12)11-4-2-3-10(13)9-11/h2-4,9H,5-8,14H2,1H3. The molecule has 1 fully saturated rings. The number of anilines is 1. The fourth-order valence-electron chi connectivity index (χ4n) is 1.95. The van der Waals surface area contributed by atoms with Gasteiger partial charge in [-0.1, -0.05) is 22.0 Å². The summed E-state index contributed by atoms with van der Waals surface area (Å²) in [6, 6.07) is 8.46. The summed E-state index contributed by atoms with van der Waals surface area (Å²) in [5.41, 5.74) is 7.43. The first-order chi connectivity index (χ1) is 7.07. The SMILES string of the molecule is CC1(N)CCN(c2cccc(Br)c2)CC1. The predicted molar refractivity (Wildman–Crippen MR) is 68.2 cm³/mol. The van der Waals surface area contributed by atoms with Crippen molar-refractivity contribution in [2.75, 3.05) is 18.0 Å². The molecule has 0 unspecified atom stereocenters. The zero-order valence-corrected chi connectivity index (χ0v) is 10.6. The van der Waals surface area contributed by atoms with Gasteiger partial charge in [0.15, 0.2) is 0 Å². The van der Waals surface area contributed by atoms with Crippen LogP contribution in [0.15, 0.2) is 28.7 Å². The molecule has 0 bridgehead atoms. The molecule has 0 spiro atoms. The third-order valence-electron chi connectivity index (χ3n) is 3.08. The van der Waals surface area contributed by atoms with Crippen molar-refractivity contribution in [2.24, 2.45) is 5.73 Å². The number of hydrogen-bond acceptors (Lipinski definition) is 2. The highest BCUT2D eigenvalue weighted by atomic mass is 79.9. The number of benzene rings is 1. The zero-order valence-electron chi connectivity index (χ0n) is 9.04. The van der Waals surface area contributed by atoms with E-state index in [1.165, 1.54) is 5.69 Å². The van der Waals surface area contributed by atoms with E-state index in [1.807, 2.05) is 0 Å². The van der Waals surface area contributed by atoms with Gasteiger partial charge in [0.25, 0.3) is 0 Å². The molecule has 1 aliphatic heterocycles. The van der Waals surface area contributed by atoms with Crippen molar-refractivity contribution in [2.45, 2.75) is 25.3 Å². The van der Waals surface area contributed by atoms with E-state index in [0.717, 1.165) is 30.4 Å². The number of hydrogen-bond donors (Lipinski definition) is 1. The van der Waals surface area contributed by atoms with Gasteiger partial charge in [0, 0.05) is 28.8 Å². The van der Waals surface area contributed by atoms with E-state index >= 15 is 0 Å². The van der Waals surface area contributed by atoms with Gasteiger partial charge in [-0.25, -0.2) is 0 Å². The Morgan fingerprint density at radius 3 is 2.60 bits per heavy atom.